The van der Waals surface area contributed by atoms with Crippen LogP contribution in [0.1, 0.15) is 36.5 Å². The Morgan fingerprint density at radius 2 is 1.79 bits per heavy atom. The summed E-state index contributed by atoms with van der Waals surface area (Å²) in [7, 11) is -1.70. The number of carbonyl (C=O) groups excluding carboxylic acids is 1. The molecular formula is C25H29ClN2O4S. The van der Waals surface area contributed by atoms with Crippen LogP contribution in [0.2, 0.25) is 5.02 Å². The monoisotopic (exact) mass is 488 g/mol. The number of carbonyl (C=O) groups is 1. The Hall–Kier alpha value is -2.35. The number of ether oxygens (including phenoxy) is 1. The number of hydrogen-bond donors (Lipinski definition) is 0. The maximum Gasteiger partial charge on any atom is 0.181 e. The van der Waals surface area contributed by atoms with Gasteiger partial charge < -0.3 is 14.2 Å². The number of para-hydroxylation sites is 1. The maximum absolute atomic E-state index is 12.9. The van der Waals surface area contributed by atoms with Crippen LogP contribution in [0.3, 0.4) is 0 Å². The van der Waals surface area contributed by atoms with Gasteiger partial charge in [-0.05, 0) is 76.2 Å². The molecule has 2 heterocycles. The second kappa shape index (κ2) is 9.87. The van der Waals surface area contributed by atoms with Gasteiger partial charge in [-0.1, -0.05) is 23.7 Å². The van der Waals surface area contributed by atoms with Crippen LogP contribution in [0.25, 0.3) is 10.9 Å². The van der Waals surface area contributed by atoms with E-state index in [0.29, 0.717) is 28.3 Å². The Balaban J connectivity index is 1.37. The molecule has 4 rings (SSSR count). The van der Waals surface area contributed by atoms with E-state index in [0.717, 1.165) is 49.3 Å². The van der Waals surface area contributed by atoms with Crippen molar-refractivity contribution >= 4 is 38.1 Å². The highest BCUT2D eigenvalue weighted by molar-refractivity contribution is 7.92. The van der Waals surface area contributed by atoms with E-state index in [2.05, 4.69) is 9.47 Å². The summed E-state index contributed by atoms with van der Waals surface area (Å²) >= 11 is 5.90. The van der Waals surface area contributed by atoms with Gasteiger partial charge >= 0.3 is 0 Å². The first-order chi connectivity index (χ1) is 15.8. The second-order valence-electron chi connectivity index (χ2n) is 8.54. The Bertz CT molecular complexity index is 1240. The van der Waals surface area contributed by atoms with Crippen molar-refractivity contribution in [1.29, 1.82) is 0 Å². The SMILES string of the molecule is COc1cccc2c(C(C)=O)cn(CCCN3CCC(S(=O)(=O)c4ccc(Cl)cc4)CC3)c12. The molecule has 0 aliphatic carbocycles. The topological polar surface area (TPSA) is 68.6 Å². The van der Waals surface area contributed by atoms with Gasteiger partial charge in [-0.25, -0.2) is 8.42 Å². The largest absolute Gasteiger partial charge is 0.495 e. The van der Waals surface area contributed by atoms with Gasteiger partial charge in [0.1, 0.15) is 5.75 Å². The van der Waals surface area contributed by atoms with Gasteiger partial charge in [0.05, 0.1) is 22.8 Å². The molecule has 0 saturated carbocycles. The number of ketones is 1. The maximum atomic E-state index is 12.9. The van der Waals surface area contributed by atoms with E-state index < -0.39 is 9.84 Å². The van der Waals surface area contributed by atoms with Gasteiger partial charge in [0, 0.05) is 28.7 Å². The third-order valence-electron chi connectivity index (χ3n) is 6.45. The first-order valence-corrected chi connectivity index (χ1v) is 13.1. The highest BCUT2D eigenvalue weighted by Gasteiger charge is 2.31. The number of benzene rings is 2. The zero-order valence-corrected chi connectivity index (χ0v) is 20.5. The summed E-state index contributed by atoms with van der Waals surface area (Å²) < 4.78 is 33.5. The van der Waals surface area contributed by atoms with E-state index >= 15 is 0 Å². The quantitative estimate of drug-likeness (QED) is 0.424. The number of aryl methyl sites for hydroxylation is 1. The van der Waals surface area contributed by atoms with Crippen LogP contribution in [0.15, 0.2) is 53.6 Å². The van der Waals surface area contributed by atoms with E-state index in [1.54, 1.807) is 38.3 Å². The summed E-state index contributed by atoms with van der Waals surface area (Å²) in [5, 5.41) is 1.09. The van der Waals surface area contributed by atoms with Gasteiger partial charge in [-0.2, -0.15) is 0 Å². The van der Waals surface area contributed by atoms with Crippen LogP contribution >= 0.6 is 11.6 Å². The molecule has 0 unspecified atom stereocenters. The fourth-order valence-corrected chi connectivity index (χ4v) is 6.53. The molecule has 0 spiro atoms. The highest BCUT2D eigenvalue weighted by atomic mass is 35.5. The minimum Gasteiger partial charge on any atom is -0.495 e. The molecule has 1 saturated heterocycles. The number of fused-ring (bicyclic) bond motifs is 1. The molecule has 3 aromatic rings. The van der Waals surface area contributed by atoms with Crippen LogP contribution in [-0.2, 0) is 16.4 Å². The second-order valence-corrected chi connectivity index (χ2v) is 11.2. The van der Waals surface area contributed by atoms with Gasteiger partial charge in [0.15, 0.2) is 15.6 Å². The molecule has 1 aromatic heterocycles. The average Bonchev–Trinajstić information content (AvgIpc) is 3.19. The number of rotatable bonds is 8. The van der Waals surface area contributed by atoms with Gasteiger partial charge in [-0.3, -0.25) is 4.79 Å². The number of Topliss-reactive ketones (excluding diaryl/α,β-unsaturated/α-hetero) is 1. The highest BCUT2D eigenvalue weighted by Crippen LogP contribution is 2.31. The average molecular weight is 489 g/mol. The lowest BCUT2D eigenvalue weighted by atomic mass is 10.1. The number of piperidine rings is 1. The van der Waals surface area contributed by atoms with Crippen molar-refractivity contribution in [3.63, 3.8) is 0 Å². The van der Waals surface area contributed by atoms with E-state index in [1.165, 1.54) is 0 Å². The van der Waals surface area contributed by atoms with Gasteiger partial charge in [-0.15, -0.1) is 0 Å². The molecule has 0 radical (unpaired) electrons. The van der Waals surface area contributed by atoms with Crippen LogP contribution in [0, 0.1) is 0 Å². The zero-order valence-electron chi connectivity index (χ0n) is 19.0. The number of hydrogen-bond acceptors (Lipinski definition) is 5. The summed E-state index contributed by atoms with van der Waals surface area (Å²) in [6, 6.07) is 12.2. The minimum atomic E-state index is -3.34. The fraction of sp³-hybridized carbons (Fsp3) is 0.400. The molecule has 0 bridgehead atoms. The smallest absolute Gasteiger partial charge is 0.181 e. The molecule has 0 atom stereocenters. The first-order valence-electron chi connectivity index (χ1n) is 11.2. The Kier molecular flexibility index (Phi) is 7.12. The lowest BCUT2D eigenvalue weighted by molar-refractivity contribution is 0.101. The molecule has 0 N–H and O–H groups in total. The standard InChI is InChI=1S/C25H29ClN2O4S/c1-18(29)23-17-28(25-22(23)5-3-6-24(25)32-2)14-4-13-27-15-11-21(12-16-27)33(30,31)20-9-7-19(26)8-10-20/h3,5-10,17,21H,4,11-16H2,1-2H3. The van der Waals surface area contributed by atoms with Crippen molar-refractivity contribution in [2.45, 2.75) is 42.9 Å². The number of halogens is 1. The summed E-state index contributed by atoms with van der Waals surface area (Å²) in [6.45, 7) is 4.73. The van der Waals surface area contributed by atoms with Crippen molar-refractivity contribution < 1.29 is 17.9 Å². The molecule has 33 heavy (non-hydrogen) atoms. The third-order valence-corrected chi connectivity index (χ3v) is 8.98. The van der Waals surface area contributed by atoms with Gasteiger partial charge in [0.25, 0.3) is 0 Å². The lowest BCUT2D eigenvalue weighted by Crippen LogP contribution is -2.39. The van der Waals surface area contributed by atoms with E-state index in [-0.39, 0.29) is 11.0 Å². The normalized spacial score (nSPS) is 15.7. The summed E-state index contributed by atoms with van der Waals surface area (Å²) in [5.41, 5.74) is 1.65. The molecule has 1 aliphatic heterocycles. The zero-order chi connectivity index (χ0) is 23.6. The van der Waals surface area contributed by atoms with Crippen molar-refractivity contribution in [3.05, 3.63) is 59.2 Å². The number of likely N-dealkylation sites (tertiary alicyclic amines) is 1. The van der Waals surface area contributed by atoms with Crippen LogP contribution in [0.5, 0.6) is 5.75 Å². The summed E-state index contributed by atoms with van der Waals surface area (Å²) in [5.74, 6) is 0.796. The fourth-order valence-electron chi connectivity index (χ4n) is 4.67. The Morgan fingerprint density at radius 1 is 1.09 bits per heavy atom. The first kappa shape index (κ1) is 23.8. The number of sulfone groups is 1. The van der Waals surface area contributed by atoms with Crippen LogP contribution in [0.4, 0.5) is 0 Å². The molecule has 8 heteroatoms. The van der Waals surface area contributed by atoms with Crippen molar-refractivity contribution in [1.82, 2.24) is 9.47 Å². The molecule has 6 nitrogen and oxygen atoms in total. The Morgan fingerprint density at radius 3 is 2.42 bits per heavy atom. The predicted octanol–water partition coefficient (Wildman–Crippen LogP) is 4.83. The van der Waals surface area contributed by atoms with Crippen LogP contribution < -0.4 is 4.74 Å². The minimum absolute atomic E-state index is 0.0379. The van der Waals surface area contributed by atoms with Crippen molar-refractivity contribution in [2.75, 3.05) is 26.7 Å². The van der Waals surface area contributed by atoms with E-state index in [4.69, 9.17) is 16.3 Å². The van der Waals surface area contributed by atoms with E-state index in [1.807, 2.05) is 24.4 Å². The predicted molar refractivity (Wildman–Crippen MR) is 131 cm³/mol. The molecule has 1 aliphatic rings. The lowest BCUT2D eigenvalue weighted by Gasteiger charge is -2.31. The number of methoxy groups -OCH3 is 1. The molecular weight excluding hydrogens is 460 g/mol. The third kappa shape index (κ3) is 4.95. The summed E-state index contributed by atoms with van der Waals surface area (Å²) in [4.78, 5) is 14.8. The van der Waals surface area contributed by atoms with Crippen molar-refractivity contribution in [2.24, 2.45) is 0 Å². The number of aromatic nitrogens is 1. The molecule has 1 fully saturated rings. The summed E-state index contributed by atoms with van der Waals surface area (Å²) in [6.07, 6.45) is 4.06. The van der Waals surface area contributed by atoms with Crippen LogP contribution in [-0.4, -0.2) is 55.7 Å². The molecule has 176 valence electrons. The Labute approximate surface area is 200 Å². The molecule has 0 amide bonds. The van der Waals surface area contributed by atoms with Crippen molar-refractivity contribution in [3.8, 4) is 5.75 Å². The number of nitrogens with zero attached hydrogens (tertiary/aromatic N) is 2. The van der Waals surface area contributed by atoms with E-state index in [9.17, 15) is 13.2 Å². The molecule has 2 aromatic carbocycles. The van der Waals surface area contributed by atoms with Gasteiger partial charge in [0.2, 0.25) is 0 Å².